The van der Waals surface area contributed by atoms with Crippen LogP contribution >= 0.6 is 0 Å². The summed E-state index contributed by atoms with van der Waals surface area (Å²) in [6.45, 7) is 9.41. The lowest BCUT2D eigenvalue weighted by atomic mass is 10.2. The summed E-state index contributed by atoms with van der Waals surface area (Å²) in [6.07, 6.45) is 4.03. The highest BCUT2D eigenvalue weighted by molar-refractivity contribution is 5.91. The summed E-state index contributed by atoms with van der Waals surface area (Å²) in [5, 5.41) is 11.7. The van der Waals surface area contributed by atoms with Crippen molar-refractivity contribution in [1.29, 1.82) is 0 Å². The third-order valence-electron chi connectivity index (χ3n) is 5.35. The van der Waals surface area contributed by atoms with E-state index in [4.69, 9.17) is 9.15 Å². The minimum atomic E-state index is -0.279. The Balaban J connectivity index is 1.41. The molecule has 1 N–H and O–H groups in total. The predicted octanol–water partition coefficient (Wildman–Crippen LogP) is 2.99. The van der Waals surface area contributed by atoms with E-state index in [0.29, 0.717) is 6.61 Å². The number of hydrogen-bond acceptors (Lipinski definition) is 6. The van der Waals surface area contributed by atoms with Gasteiger partial charge in [0.2, 0.25) is 0 Å². The first-order valence-corrected chi connectivity index (χ1v) is 10.5. The van der Waals surface area contributed by atoms with Gasteiger partial charge in [-0.25, -0.2) is 0 Å². The van der Waals surface area contributed by atoms with Crippen molar-refractivity contribution < 1.29 is 13.9 Å². The number of nitrogens with one attached hydrogen (secondary N) is 1. The Morgan fingerprint density at radius 2 is 2.13 bits per heavy atom. The molecule has 0 fully saturated rings. The number of furan rings is 1. The van der Waals surface area contributed by atoms with Crippen LogP contribution in [0.15, 0.2) is 59.7 Å². The minimum absolute atomic E-state index is 0.263. The van der Waals surface area contributed by atoms with E-state index >= 15 is 0 Å². The smallest absolute Gasteiger partial charge is 0.287 e. The van der Waals surface area contributed by atoms with Gasteiger partial charge in [-0.2, -0.15) is 0 Å². The summed E-state index contributed by atoms with van der Waals surface area (Å²) < 4.78 is 13.1. The zero-order valence-corrected chi connectivity index (χ0v) is 17.7. The normalized spacial score (nSPS) is 15.0. The predicted molar refractivity (Wildman–Crippen MR) is 116 cm³/mol. The quantitative estimate of drug-likeness (QED) is 0.563. The molecule has 4 rings (SSSR count). The summed E-state index contributed by atoms with van der Waals surface area (Å²) in [5.41, 5.74) is 1.15. The molecule has 1 aromatic carbocycles. The monoisotopic (exact) mass is 421 g/mol. The fourth-order valence-electron chi connectivity index (χ4n) is 3.77. The molecule has 0 aliphatic carbocycles. The third kappa shape index (κ3) is 4.86. The number of aromatic nitrogens is 3. The van der Waals surface area contributed by atoms with Crippen molar-refractivity contribution in [1.82, 2.24) is 25.0 Å². The molecule has 1 amide bonds. The van der Waals surface area contributed by atoms with Crippen LogP contribution in [0, 0.1) is 0 Å². The zero-order chi connectivity index (χ0) is 21.6. The molecule has 1 aliphatic heterocycles. The van der Waals surface area contributed by atoms with E-state index in [2.05, 4.69) is 37.6 Å². The number of amides is 1. The maximum atomic E-state index is 12.3. The van der Waals surface area contributed by atoms with E-state index in [1.165, 1.54) is 6.26 Å². The molecular formula is C23H27N5O3. The van der Waals surface area contributed by atoms with Gasteiger partial charge in [0, 0.05) is 38.2 Å². The Hall–Kier alpha value is -3.39. The molecule has 8 heteroatoms. The Kier molecular flexibility index (Phi) is 6.47. The Bertz CT molecular complexity index is 1030. The van der Waals surface area contributed by atoms with Crippen LogP contribution < -0.4 is 10.1 Å². The van der Waals surface area contributed by atoms with Crippen molar-refractivity contribution in [2.45, 2.75) is 32.5 Å². The second-order valence-corrected chi connectivity index (χ2v) is 7.53. The van der Waals surface area contributed by atoms with Crippen molar-refractivity contribution in [2.24, 2.45) is 0 Å². The molecular weight excluding hydrogens is 394 g/mol. The van der Waals surface area contributed by atoms with Gasteiger partial charge in [0.15, 0.2) is 11.6 Å². The highest BCUT2D eigenvalue weighted by Crippen LogP contribution is 2.22. The fraction of sp³-hybridized carbons (Fsp3) is 0.348. The second-order valence-electron chi connectivity index (χ2n) is 7.53. The van der Waals surface area contributed by atoms with Gasteiger partial charge in [0.1, 0.15) is 18.2 Å². The lowest BCUT2D eigenvalue weighted by molar-refractivity contribution is 0.0909. The van der Waals surface area contributed by atoms with E-state index in [0.717, 1.165) is 55.6 Å². The Morgan fingerprint density at radius 1 is 1.26 bits per heavy atom. The highest BCUT2D eigenvalue weighted by atomic mass is 16.5. The van der Waals surface area contributed by atoms with Gasteiger partial charge in [-0.05, 0) is 25.1 Å². The average molecular weight is 422 g/mol. The van der Waals surface area contributed by atoms with E-state index in [-0.39, 0.29) is 17.7 Å². The minimum Gasteiger partial charge on any atom is -0.489 e. The molecule has 3 heterocycles. The van der Waals surface area contributed by atoms with Gasteiger partial charge in [0.25, 0.3) is 5.91 Å². The maximum Gasteiger partial charge on any atom is 0.287 e. The van der Waals surface area contributed by atoms with Crippen LogP contribution in [-0.2, 0) is 19.5 Å². The number of ether oxygens (including phenoxy) is 1. The molecule has 0 radical (unpaired) electrons. The summed E-state index contributed by atoms with van der Waals surface area (Å²) in [7, 11) is 0. The summed E-state index contributed by atoms with van der Waals surface area (Å²) >= 11 is 0. The summed E-state index contributed by atoms with van der Waals surface area (Å²) in [5.74, 6) is 2.60. The molecule has 31 heavy (non-hydrogen) atoms. The molecule has 1 aliphatic rings. The molecule has 2 aromatic heterocycles. The SMILES string of the molecule is C=CCOc1ccccc1CN1CCc2nnc([C@@H](C)NC(=O)c3ccco3)n2CC1. The van der Waals surface area contributed by atoms with Gasteiger partial charge in [-0.1, -0.05) is 30.9 Å². The Labute approximate surface area is 181 Å². The molecule has 0 saturated heterocycles. The second kappa shape index (κ2) is 9.61. The molecule has 1 atom stereocenters. The van der Waals surface area contributed by atoms with Crippen LogP contribution in [0.4, 0.5) is 0 Å². The van der Waals surface area contributed by atoms with Gasteiger partial charge < -0.3 is 19.0 Å². The number of benzene rings is 1. The standard InChI is InChI=1S/C23H27N5O3/c1-3-14-30-19-8-5-4-7-18(19)16-27-11-10-21-25-26-22(28(21)13-12-27)17(2)24-23(29)20-9-6-15-31-20/h3-9,15,17H,1,10-14,16H2,2H3,(H,24,29)/t17-/m1/s1. The maximum absolute atomic E-state index is 12.3. The number of carbonyl (C=O) groups is 1. The van der Waals surface area contributed by atoms with Crippen LogP contribution in [0.5, 0.6) is 5.75 Å². The lowest BCUT2D eigenvalue weighted by Crippen LogP contribution is -2.30. The zero-order valence-electron chi connectivity index (χ0n) is 17.7. The molecule has 0 saturated carbocycles. The van der Waals surface area contributed by atoms with Crippen molar-refractivity contribution in [3.8, 4) is 5.75 Å². The van der Waals surface area contributed by atoms with Gasteiger partial charge in [0.05, 0.1) is 12.3 Å². The van der Waals surface area contributed by atoms with Crippen LogP contribution in [0.2, 0.25) is 0 Å². The molecule has 8 nitrogen and oxygen atoms in total. The first-order chi connectivity index (χ1) is 15.2. The summed E-state index contributed by atoms with van der Waals surface area (Å²) in [6, 6.07) is 11.2. The van der Waals surface area contributed by atoms with Crippen LogP contribution in [0.25, 0.3) is 0 Å². The van der Waals surface area contributed by atoms with E-state index in [9.17, 15) is 4.79 Å². The molecule has 0 bridgehead atoms. The summed E-state index contributed by atoms with van der Waals surface area (Å²) in [4.78, 5) is 14.7. The van der Waals surface area contributed by atoms with Gasteiger partial charge in [-0.15, -0.1) is 10.2 Å². The molecule has 162 valence electrons. The van der Waals surface area contributed by atoms with Gasteiger partial charge >= 0.3 is 0 Å². The topological polar surface area (TPSA) is 85.4 Å². The molecule has 0 spiro atoms. The van der Waals surface area contributed by atoms with E-state index in [1.54, 1.807) is 18.2 Å². The number of nitrogens with zero attached hydrogens (tertiary/aromatic N) is 4. The third-order valence-corrected chi connectivity index (χ3v) is 5.35. The van der Waals surface area contributed by atoms with E-state index < -0.39 is 0 Å². The van der Waals surface area contributed by atoms with Crippen LogP contribution in [-0.4, -0.2) is 45.3 Å². The first kappa shape index (κ1) is 20.9. The first-order valence-electron chi connectivity index (χ1n) is 10.5. The Morgan fingerprint density at radius 3 is 2.94 bits per heavy atom. The molecule has 0 unspecified atom stereocenters. The lowest BCUT2D eigenvalue weighted by Gasteiger charge is -2.21. The number of para-hydroxylation sites is 1. The highest BCUT2D eigenvalue weighted by Gasteiger charge is 2.24. The van der Waals surface area contributed by atoms with Crippen LogP contribution in [0.3, 0.4) is 0 Å². The van der Waals surface area contributed by atoms with Crippen LogP contribution in [0.1, 0.15) is 40.7 Å². The number of fused-ring (bicyclic) bond motifs is 1. The van der Waals surface area contributed by atoms with Gasteiger partial charge in [-0.3, -0.25) is 9.69 Å². The number of rotatable bonds is 8. The van der Waals surface area contributed by atoms with Crippen molar-refractivity contribution in [3.05, 3.63) is 78.3 Å². The average Bonchev–Trinajstić information content (AvgIpc) is 3.41. The number of hydrogen-bond donors (Lipinski definition) is 1. The van der Waals surface area contributed by atoms with Crippen molar-refractivity contribution in [2.75, 3.05) is 19.7 Å². The van der Waals surface area contributed by atoms with Crippen molar-refractivity contribution in [3.63, 3.8) is 0 Å². The molecule has 3 aromatic rings. The largest absolute Gasteiger partial charge is 0.489 e. The fourth-order valence-corrected chi connectivity index (χ4v) is 3.77. The van der Waals surface area contributed by atoms with Crippen molar-refractivity contribution >= 4 is 5.91 Å². The number of carbonyl (C=O) groups excluding carboxylic acids is 1. The van der Waals surface area contributed by atoms with E-state index in [1.807, 2.05) is 25.1 Å².